The molecule has 2 rings (SSSR count). The minimum Gasteiger partial charge on any atom is -0.385 e. The minimum absolute atomic E-state index is 0.0597. The fourth-order valence-electron chi connectivity index (χ4n) is 2.53. The van der Waals surface area contributed by atoms with Crippen LogP contribution in [0.2, 0.25) is 5.02 Å². The van der Waals surface area contributed by atoms with Crippen LogP contribution in [0.15, 0.2) is 12.1 Å². The van der Waals surface area contributed by atoms with Crippen LogP contribution in [0, 0.1) is 17.6 Å². The smallest absolute Gasteiger partial charge is 0.166 e. The van der Waals surface area contributed by atoms with Gasteiger partial charge in [-0.1, -0.05) is 11.6 Å². The van der Waals surface area contributed by atoms with Gasteiger partial charge in [0.15, 0.2) is 11.6 Å². The molecule has 0 aliphatic carbocycles. The number of hydrogen-bond acceptors (Lipinski definition) is 2. The van der Waals surface area contributed by atoms with Crippen LogP contribution in [0.4, 0.5) is 8.78 Å². The molecule has 1 aromatic carbocycles. The normalized spacial score (nSPS) is 23.7. The van der Waals surface area contributed by atoms with E-state index in [4.69, 9.17) is 11.6 Å². The Labute approximate surface area is 110 Å². The second-order valence-electron chi connectivity index (χ2n) is 4.91. The van der Waals surface area contributed by atoms with Crippen molar-refractivity contribution >= 4 is 11.6 Å². The predicted octanol–water partition coefficient (Wildman–Crippen LogP) is 2.83. The lowest BCUT2D eigenvalue weighted by molar-refractivity contribution is -0.0189. The molecule has 0 amide bonds. The van der Waals surface area contributed by atoms with Crippen LogP contribution in [0.25, 0.3) is 0 Å². The summed E-state index contributed by atoms with van der Waals surface area (Å²) >= 11 is 5.92. The van der Waals surface area contributed by atoms with E-state index in [1.165, 1.54) is 13.0 Å². The predicted molar refractivity (Wildman–Crippen MR) is 66.5 cm³/mol. The minimum atomic E-state index is -1.48. The van der Waals surface area contributed by atoms with E-state index in [1.807, 2.05) is 0 Å². The molecule has 100 valence electrons. The number of aliphatic hydroxyl groups is 1. The number of benzene rings is 1. The highest BCUT2D eigenvalue weighted by atomic mass is 35.5. The first kappa shape index (κ1) is 13.7. The summed E-state index contributed by atoms with van der Waals surface area (Å²) in [5, 5.41) is 13.8. The highest BCUT2D eigenvalue weighted by Gasteiger charge is 2.39. The Hall–Kier alpha value is -0.710. The van der Waals surface area contributed by atoms with Crippen LogP contribution in [0.1, 0.15) is 25.3 Å². The maximum Gasteiger partial charge on any atom is 0.166 e. The highest BCUT2D eigenvalue weighted by Crippen LogP contribution is 2.39. The van der Waals surface area contributed by atoms with Gasteiger partial charge in [0.2, 0.25) is 0 Å². The maximum atomic E-state index is 13.9. The van der Waals surface area contributed by atoms with E-state index in [0.29, 0.717) is 6.54 Å². The van der Waals surface area contributed by atoms with Gasteiger partial charge in [-0.2, -0.15) is 0 Å². The summed E-state index contributed by atoms with van der Waals surface area (Å²) in [6, 6.07) is 2.25. The highest BCUT2D eigenvalue weighted by molar-refractivity contribution is 6.31. The van der Waals surface area contributed by atoms with Crippen LogP contribution in [0.3, 0.4) is 0 Å². The van der Waals surface area contributed by atoms with E-state index in [9.17, 15) is 13.9 Å². The number of hydrogen-bond donors (Lipinski definition) is 2. The molecule has 1 aromatic rings. The lowest BCUT2D eigenvalue weighted by Crippen LogP contribution is -2.43. The van der Waals surface area contributed by atoms with Gasteiger partial charge in [0.1, 0.15) is 0 Å². The Morgan fingerprint density at radius 2 is 2.17 bits per heavy atom. The molecule has 1 heterocycles. The molecular weight excluding hydrogens is 260 g/mol. The van der Waals surface area contributed by atoms with E-state index in [-0.39, 0.29) is 16.5 Å². The van der Waals surface area contributed by atoms with Gasteiger partial charge in [0.25, 0.3) is 0 Å². The zero-order valence-corrected chi connectivity index (χ0v) is 10.9. The van der Waals surface area contributed by atoms with Crippen molar-refractivity contribution in [1.29, 1.82) is 0 Å². The molecule has 0 spiro atoms. The van der Waals surface area contributed by atoms with Gasteiger partial charge in [-0.05, 0) is 38.4 Å². The van der Waals surface area contributed by atoms with Gasteiger partial charge < -0.3 is 10.4 Å². The summed E-state index contributed by atoms with van der Waals surface area (Å²) in [6.07, 6.45) is 1.65. The average molecular weight is 276 g/mol. The standard InChI is InChI=1S/C13H16ClF2NO/c1-13(18,8-3-2-6-17-7-8)11-9(14)4-5-10(15)12(11)16/h4-5,8,17-18H,2-3,6-7H2,1H3. The van der Waals surface area contributed by atoms with Crippen LogP contribution in [0.5, 0.6) is 0 Å². The summed E-state index contributed by atoms with van der Waals surface area (Å²) in [5.41, 5.74) is -1.62. The van der Waals surface area contributed by atoms with Crippen molar-refractivity contribution in [2.24, 2.45) is 5.92 Å². The molecule has 2 N–H and O–H groups in total. The summed E-state index contributed by atoms with van der Waals surface area (Å²) in [6.45, 7) is 2.94. The van der Waals surface area contributed by atoms with Gasteiger partial charge in [-0.25, -0.2) is 8.78 Å². The first-order valence-electron chi connectivity index (χ1n) is 6.01. The molecule has 18 heavy (non-hydrogen) atoms. The van der Waals surface area contributed by atoms with E-state index < -0.39 is 17.2 Å². The quantitative estimate of drug-likeness (QED) is 0.814. The van der Waals surface area contributed by atoms with Crippen molar-refractivity contribution in [3.8, 4) is 0 Å². The number of piperidine rings is 1. The van der Waals surface area contributed by atoms with Crippen molar-refractivity contribution in [2.45, 2.75) is 25.4 Å². The second kappa shape index (κ2) is 5.11. The Morgan fingerprint density at radius 3 is 2.78 bits per heavy atom. The van der Waals surface area contributed by atoms with Crippen LogP contribution in [-0.2, 0) is 5.60 Å². The molecule has 2 nitrogen and oxygen atoms in total. The van der Waals surface area contributed by atoms with E-state index in [1.54, 1.807) is 0 Å². The van der Waals surface area contributed by atoms with Gasteiger partial charge in [-0.15, -0.1) is 0 Å². The van der Waals surface area contributed by atoms with Crippen LogP contribution in [-0.4, -0.2) is 18.2 Å². The molecule has 5 heteroatoms. The third-order valence-electron chi connectivity index (χ3n) is 3.64. The maximum absolute atomic E-state index is 13.9. The van der Waals surface area contributed by atoms with Gasteiger partial charge in [-0.3, -0.25) is 0 Å². The summed E-state index contributed by atoms with van der Waals surface area (Å²) in [4.78, 5) is 0. The van der Waals surface area contributed by atoms with Crippen molar-refractivity contribution in [3.05, 3.63) is 34.4 Å². The molecule has 1 aliphatic heterocycles. The molecule has 0 radical (unpaired) electrons. The Balaban J connectivity index is 2.42. The fourth-order valence-corrected chi connectivity index (χ4v) is 2.86. The van der Waals surface area contributed by atoms with E-state index in [2.05, 4.69) is 5.32 Å². The van der Waals surface area contributed by atoms with Gasteiger partial charge >= 0.3 is 0 Å². The topological polar surface area (TPSA) is 32.3 Å². The van der Waals surface area contributed by atoms with Crippen LogP contribution >= 0.6 is 11.6 Å². The molecule has 2 unspecified atom stereocenters. The average Bonchev–Trinajstić information content (AvgIpc) is 2.35. The molecule has 0 aromatic heterocycles. The summed E-state index contributed by atoms with van der Waals surface area (Å²) < 4.78 is 27.2. The third-order valence-corrected chi connectivity index (χ3v) is 3.96. The Kier molecular flexibility index (Phi) is 3.90. The molecule has 1 saturated heterocycles. The Bertz CT molecular complexity index is 445. The molecule has 1 aliphatic rings. The third kappa shape index (κ3) is 2.37. The molecule has 1 fully saturated rings. The lowest BCUT2D eigenvalue weighted by Gasteiger charge is -2.37. The number of halogens is 3. The van der Waals surface area contributed by atoms with Crippen molar-refractivity contribution in [1.82, 2.24) is 5.32 Å². The Morgan fingerprint density at radius 1 is 1.44 bits per heavy atom. The van der Waals surface area contributed by atoms with Gasteiger partial charge in [0.05, 0.1) is 5.60 Å². The summed E-state index contributed by atoms with van der Waals surface area (Å²) in [5.74, 6) is -2.23. The van der Waals surface area contributed by atoms with E-state index in [0.717, 1.165) is 25.5 Å². The fraction of sp³-hybridized carbons (Fsp3) is 0.538. The van der Waals surface area contributed by atoms with Crippen molar-refractivity contribution in [3.63, 3.8) is 0 Å². The second-order valence-corrected chi connectivity index (χ2v) is 5.32. The zero-order chi connectivity index (χ0) is 13.3. The van der Waals surface area contributed by atoms with E-state index >= 15 is 0 Å². The summed E-state index contributed by atoms with van der Waals surface area (Å²) in [7, 11) is 0. The van der Waals surface area contributed by atoms with Crippen LogP contribution < -0.4 is 5.32 Å². The first-order chi connectivity index (χ1) is 8.44. The van der Waals surface area contributed by atoms with Crippen molar-refractivity contribution < 1.29 is 13.9 Å². The number of nitrogens with one attached hydrogen (secondary N) is 1. The molecule has 0 saturated carbocycles. The van der Waals surface area contributed by atoms with Crippen molar-refractivity contribution in [2.75, 3.05) is 13.1 Å². The monoisotopic (exact) mass is 275 g/mol. The molecule has 0 bridgehead atoms. The zero-order valence-electron chi connectivity index (χ0n) is 10.1. The molecule has 2 atom stereocenters. The first-order valence-corrected chi connectivity index (χ1v) is 6.39. The molecular formula is C13H16ClF2NO. The SMILES string of the molecule is CC(O)(c1c(Cl)ccc(F)c1F)C1CCCNC1. The largest absolute Gasteiger partial charge is 0.385 e. The number of rotatable bonds is 2. The van der Waals surface area contributed by atoms with Gasteiger partial charge in [0, 0.05) is 23.0 Å². The lowest BCUT2D eigenvalue weighted by atomic mass is 9.78.